The van der Waals surface area contributed by atoms with Crippen LogP contribution < -0.4 is 26.8 Å². The highest BCUT2D eigenvalue weighted by Gasteiger charge is 2.29. The number of likely N-dealkylation sites (N-methyl/N-ethyl adjacent to an activating group) is 1. The van der Waals surface area contributed by atoms with Gasteiger partial charge in [0.15, 0.2) is 6.10 Å². The van der Waals surface area contributed by atoms with E-state index in [1.807, 2.05) is 6.07 Å². The van der Waals surface area contributed by atoms with Gasteiger partial charge in [0, 0.05) is 30.6 Å². The number of aromatic nitrogens is 2. The highest BCUT2D eigenvalue weighted by Crippen LogP contribution is 2.18. The number of hydrogen-bond donors (Lipinski definition) is 4. The standard InChI is InChI=1S/C28H30N6O6/c1-17(29-2)26(37)33-21-15-31-25(19-8-4-3-5-9-19)34(28(21)39)16-23(35)30-14-18-7-6-10-20(13-18)32-27(38)22-11-12-24(36)40-22/h3-10,13,15,17,22,29H,11-12,14,16H2,1-2H3,(H,30,35)(H,32,38)(H,33,37)/t17-,22?/m0/s1. The maximum Gasteiger partial charge on any atom is 0.306 e. The molecule has 2 aromatic carbocycles. The number of anilines is 2. The summed E-state index contributed by atoms with van der Waals surface area (Å²) < 4.78 is 6.20. The highest BCUT2D eigenvalue weighted by atomic mass is 16.6. The molecule has 4 rings (SSSR count). The molecule has 0 spiro atoms. The van der Waals surface area contributed by atoms with Crippen LogP contribution in [0.5, 0.6) is 0 Å². The summed E-state index contributed by atoms with van der Waals surface area (Å²) in [7, 11) is 1.62. The van der Waals surface area contributed by atoms with E-state index in [-0.39, 0.29) is 31.0 Å². The summed E-state index contributed by atoms with van der Waals surface area (Å²) in [5.74, 6) is -1.41. The molecule has 1 fully saturated rings. The highest BCUT2D eigenvalue weighted by molar-refractivity contribution is 5.96. The van der Waals surface area contributed by atoms with Gasteiger partial charge in [-0.1, -0.05) is 42.5 Å². The summed E-state index contributed by atoms with van der Waals surface area (Å²) >= 11 is 0. The third-order valence-electron chi connectivity index (χ3n) is 6.33. The Bertz CT molecular complexity index is 1470. The zero-order valence-corrected chi connectivity index (χ0v) is 22.1. The van der Waals surface area contributed by atoms with Crippen molar-refractivity contribution in [2.75, 3.05) is 17.7 Å². The minimum absolute atomic E-state index is 0.0454. The van der Waals surface area contributed by atoms with Crippen LogP contribution in [0.15, 0.2) is 65.6 Å². The zero-order chi connectivity index (χ0) is 28.6. The lowest BCUT2D eigenvalue weighted by molar-refractivity contribution is -0.146. The van der Waals surface area contributed by atoms with Crippen LogP contribution in [0.25, 0.3) is 11.4 Å². The Balaban J connectivity index is 1.47. The predicted molar refractivity (Wildman–Crippen MR) is 147 cm³/mol. The fraction of sp³-hybridized carbons (Fsp3) is 0.286. The van der Waals surface area contributed by atoms with Crippen molar-refractivity contribution in [2.45, 2.75) is 45.0 Å². The van der Waals surface area contributed by atoms with Gasteiger partial charge in [-0.3, -0.25) is 28.5 Å². The SMILES string of the molecule is CN[C@@H](C)C(=O)Nc1cnc(-c2ccccc2)n(CC(=O)NCc2cccc(NC(=O)C3CCC(=O)O3)c2)c1=O. The van der Waals surface area contributed by atoms with Gasteiger partial charge in [-0.05, 0) is 31.7 Å². The van der Waals surface area contributed by atoms with Crippen molar-refractivity contribution >= 4 is 35.1 Å². The Morgan fingerprint density at radius 3 is 2.55 bits per heavy atom. The van der Waals surface area contributed by atoms with Gasteiger partial charge in [-0.25, -0.2) is 4.98 Å². The molecule has 3 amide bonds. The number of rotatable bonds is 10. The number of amides is 3. The number of ether oxygens (including phenoxy) is 1. The van der Waals surface area contributed by atoms with E-state index < -0.39 is 41.4 Å². The Kier molecular flexibility index (Phi) is 9.02. The topological polar surface area (TPSA) is 161 Å². The summed E-state index contributed by atoms with van der Waals surface area (Å²) in [6, 6.07) is 15.3. The van der Waals surface area contributed by atoms with Gasteiger partial charge in [-0.15, -0.1) is 0 Å². The first-order valence-corrected chi connectivity index (χ1v) is 12.7. The number of esters is 1. The van der Waals surface area contributed by atoms with Gasteiger partial charge < -0.3 is 26.0 Å². The number of benzene rings is 2. The Morgan fingerprint density at radius 1 is 1.07 bits per heavy atom. The molecule has 4 N–H and O–H groups in total. The maximum atomic E-state index is 13.3. The van der Waals surface area contributed by atoms with Crippen molar-refractivity contribution in [3.05, 3.63) is 76.7 Å². The molecule has 40 heavy (non-hydrogen) atoms. The molecule has 1 unspecified atom stereocenters. The van der Waals surface area contributed by atoms with Gasteiger partial charge >= 0.3 is 5.97 Å². The number of nitrogens with one attached hydrogen (secondary N) is 4. The number of cyclic esters (lactones) is 1. The van der Waals surface area contributed by atoms with Crippen molar-refractivity contribution in [3.8, 4) is 11.4 Å². The van der Waals surface area contributed by atoms with Crippen molar-refractivity contribution in [2.24, 2.45) is 0 Å². The molecular weight excluding hydrogens is 516 g/mol. The van der Waals surface area contributed by atoms with Gasteiger partial charge in [-0.2, -0.15) is 0 Å². The molecule has 208 valence electrons. The average molecular weight is 547 g/mol. The van der Waals surface area contributed by atoms with E-state index in [1.165, 1.54) is 10.8 Å². The first-order chi connectivity index (χ1) is 19.2. The molecular formula is C28H30N6O6. The molecule has 1 aliphatic heterocycles. The second-order valence-corrected chi connectivity index (χ2v) is 9.24. The van der Waals surface area contributed by atoms with Crippen molar-refractivity contribution < 1.29 is 23.9 Å². The smallest absolute Gasteiger partial charge is 0.306 e. The fourth-order valence-corrected chi connectivity index (χ4v) is 4.01. The van der Waals surface area contributed by atoms with E-state index >= 15 is 0 Å². The fourth-order valence-electron chi connectivity index (χ4n) is 4.01. The number of hydrogen-bond acceptors (Lipinski definition) is 8. The Hall–Kier alpha value is -4.84. The van der Waals surface area contributed by atoms with Crippen LogP contribution in [0.4, 0.5) is 11.4 Å². The molecule has 12 heteroatoms. The average Bonchev–Trinajstić information content (AvgIpc) is 3.40. The van der Waals surface area contributed by atoms with Crippen molar-refractivity contribution in [3.63, 3.8) is 0 Å². The van der Waals surface area contributed by atoms with Gasteiger partial charge in [0.2, 0.25) is 11.8 Å². The Labute approximate surface area is 230 Å². The van der Waals surface area contributed by atoms with Crippen LogP contribution >= 0.6 is 0 Å². The quantitative estimate of drug-likeness (QED) is 0.278. The largest absolute Gasteiger partial charge is 0.452 e. The predicted octanol–water partition coefficient (Wildman–Crippen LogP) is 1.42. The minimum Gasteiger partial charge on any atom is -0.452 e. The first kappa shape index (κ1) is 28.2. The molecule has 1 saturated heterocycles. The molecule has 1 aliphatic rings. The molecule has 2 heterocycles. The molecule has 2 atom stereocenters. The summed E-state index contributed by atoms with van der Waals surface area (Å²) in [4.78, 5) is 66.6. The van der Waals surface area contributed by atoms with E-state index in [4.69, 9.17) is 4.74 Å². The molecule has 0 saturated carbocycles. The number of carbonyl (C=O) groups excluding carboxylic acids is 4. The zero-order valence-electron chi connectivity index (χ0n) is 22.1. The maximum absolute atomic E-state index is 13.3. The third kappa shape index (κ3) is 6.97. The normalized spacial score (nSPS) is 15.2. The monoisotopic (exact) mass is 546 g/mol. The second kappa shape index (κ2) is 12.8. The molecule has 12 nitrogen and oxygen atoms in total. The van der Waals surface area contributed by atoms with Crippen LogP contribution in [0, 0.1) is 0 Å². The van der Waals surface area contributed by atoms with Gasteiger partial charge in [0.1, 0.15) is 18.1 Å². The van der Waals surface area contributed by atoms with Crippen molar-refractivity contribution in [1.29, 1.82) is 0 Å². The van der Waals surface area contributed by atoms with Crippen LogP contribution in [0.1, 0.15) is 25.3 Å². The van der Waals surface area contributed by atoms with Gasteiger partial charge in [0.25, 0.3) is 11.5 Å². The van der Waals surface area contributed by atoms with Gasteiger partial charge in [0.05, 0.1) is 12.2 Å². The number of nitrogens with zero attached hydrogens (tertiary/aromatic N) is 2. The van der Waals surface area contributed by atoms with Crippen LogP contribution in [0.2, 0.25) is 0 Å². The van der Waals surface area contributed by atoms with Crippen LogP contribution in [0.3, 0.4) is 0 Å². The first-order valence-electron chi connectivity index (χ1n) is 12.7. The Morgan fingerprint density at radius 2 is 1.85 bits per heavy atom. The van der Waals surface area contributed by atoms with E-state index in [1.54, 1.807) is 62.5 Å². The molecule has 0 radical (unpaired) electrons. The third-order valence-corrected chi connectivity index (χ3v) is 6.33. The van der Waals surface area contributed by atoms with Crippen molar-refractivity contribution in [1.82, 2.24) is 20.2 Å². The van der Waals surface area contributed by atoms with E-state index in [9.17, 15) is 24.0 Å². The summed E-state index contributed by atoms with van der Waals surface area (Å²) in [5, 5.41) is 10.9. The lowest BCUT2D eigenvalue weighted by Crippen LogP contribution is -2.39. The number of carbonyl (C=O) groups is 4. The van der Waals surface area contributed by atoms with E-state index in [0.29, 0.717) is 23.2 Å². The van der Waals surface area contributed by atoms with Crippen LogP contribution in [-0.4, -0.2) is 52.4 Å². The lowest BCUT2D eigenvalue weighted by Gasteiger charge is -2.16. The molecule has 0 bridgehead atoms. The van der Waals surface area contributed by atoms with Crippen LogP contribution in [-0.2, 0) is 37.0 Å². The molecule has 1 aromatic heterocycles. The lowest BCUT2D eigenvalue weighted by atomic mass is 10.2. The van der Waals surface area contributed by atoms with E-state index in [2.05, 4.69) is 26.3 Å². The molecule has 0 aliphatic carbocycles. The summed E-state index contributed by atoms with van der Waals surface area (Å²) in [6.45, 7) is 1.43. The summed E-state index contributed by atoms with van der Waals surface area (Å²) in [5.41, 5.74) is 1.20. The minimum atomic E-state index is -0.816. The summed E-state index contributed by atoms with van der Waals surface area (Å²) in [6.07, 6.45) is 1.01. The second-order valence-electron chi connectivity index (χ2n) is 9.24. The molecule has 3 aromatic rings. The van der Waals surface area contributed by atoms with E-state index in [0.717, 1.165) is 0 Å².